The number of ether oxygens (including phenoxy) is 1. The van der Waals surface area contributed by atoms with Crippen molar-refractivity contribution in [2.75, 3.05) is 6.54 Å². The normalized spacial score (nSPS) is 28.6. The van der Waals surface area contributed by atoms with E-state index in [1.165, 1.54) is 0 Å². The Labute approximate surface area is 237 Å². The molecule has 40 heavy (non-hydrogen) atoms. The molecule has 4 aliphatic rings. The van der Waals surface area contributed by atoms with Crippen LogP contribution in [-0.4, -0.2) is 64.8 Å². The number of nitrogens with two attached hydrogens (primary N) is 1. The summed E-state index contributed by atoms with van der Waals surface area (Å²) in [6, 6.07) is -2.54. The van der Waals surface area contributed by atoms with Crippen LogP contribution in [0.3, 0.4) is 0 Å². The van der Waals surface area contributed by atoms with Gasteiger partial charge in [0.1, 0.15) is 17.7 Å². The Hall–Kier alpha value is -2.65. The molecule has 3 aliphatic carbocycles. The fraction of sp³-hybridized carbons (Fsp3) is 0.833. The standard InChI is InChI=1S/C30H48N4O6/c1-17-13-20-16-34(28(38)23(19-11-6-5-7-12-19)33-29(39)40-30(2,3)4)24(21(20)14-17)27(37)32-22(25(35)26(31)36)15-18-9-8-10-18/h17-24H,5-16H2,1-4H3,(H2,31,36)(H,32,37)(H,33,39)/t17?,20-,21-,22+,23-,24-/m0/s1. The van der Waals surface area contributed by atoms with Crippen molar-refractivity contribution in [1.82, 2.24) is 15.5 Å². The number of carbonyl (C=O) groups excluding carboxylic acids is 5. The van der Waals surface area contributed by atoms with Crippen LogP contribution in [0.2, 0.25) is 0 Å². The number of ketones is 1. The molecule has 0 spiro atoms. The number of nitrogens with one attached hydrogen (secondary N) is 2. The summed E-state index contributed by atoms with van der Waals surface area (Å²) >= 11 is 0. The highest BCUT2D eigenvalue weighted by Crippen LogP contribution is 2.46. The Balaban J connectivity index is 1.57. The van der Waals surface area contributed by atoms with Crippen molar-refractivity contribution in [2.24, 2.45) is 35.3 Å². The van der Waals surface area contributed by atoms with Crippen molar-refractivity contribution in [3.05, 3.63) is 0 Å². The number of hydrogen-bond acceptors (Lipinski definition) is 6. The van der Waals surface area contributed by atoms with E-state index in [0.717, 1.165) is 64.2 Å². The monoisotopic (exact) mass is 560 g/mol. The van der Waals surface area contributed by atoms with Crippen molar-refractivity contribution < 1.29 is 28.7 Å². The predicted octanol–water partition coefficient (Wildman–Crippen LogP) is 3.06. The zero-order valence-electron chi connectivity index (χ0n) is 24.6. The molecule has 0 bridgehead atoms. The summed E-state index contributed by atoms with van der Waals surface area (Å²) < 4.78 is 5.51. The lowest BCUT2D eigenvalue weighted by Gasteiger charge is -2.36. The first kappa shape index (κ1) is 30.3. The number of amides is 4. The molecule has 4 amide bonds. The fourth-order valence-corrected chi connectivity index (χ4v) is 7.39. The number of fused-ring (bicyclic) bond motifs is 1. The minimum Gasteiger partial charge on any atom is -0.444 e. The van der Waals surface area contributed by atoms with Gasteiger partial charge in [-0.3, -0.25) is 19.2 Å². The highest BCUT2D eigenvalue weighted by molar-refractivity contribution is 6.37. The number of likely N-dealkylation sites (tertiary alicyclic amines) is 1. The maximum absolute atomic E-state index is 14.3. The van der Waals surface area contributed by atoms with Crippen molar-refractivity contribution >= 4 is 29.6 Å². The molecule has 3 saturated carbocycles. The largest absolute Gasteiger partial charge is 0.444 e. The fourth-order valence-electron chi connectivity index (χ4n) is 7.39. The smallest absolute Gasteiger partial charge is 0.408 e. The summed E-state index contributed by atoms with van der Waals surface area (Å²) in [7, 11) is 0. The number of nitrogens with zero attached hydrogens (tertiary/aromatic N) is 1. The molecule has 4 rings (SSSR count). The summed E-state index contributed by atoms with van der Waals surface area (Å²) in [5.41, 5.74) is 4.62. The van der Waals surface area contributed by atoms with Crippen molar-refractivity contribution in [3.63, 3.8) is 0 Å². The Morgan fingerprint density at radius 3 is 2.20 bits per heavy atom. The van der Waals surface area contributed by atoms with Crippen LogP contribution in [0.5, 0.6) is 0 Å². The molecule has 4 fully saturated rings. The van der Waals surface area contributed by atoms with Gasteiger partial charge in [-0.15, -0.1) is 0 Å². The summed E-state index contributed by atoms with van der Waals surface area (Å²) in [6.07, 6.45) is 9.12. The highest BCUT2D eigenvalue weighted by Gasteiger charge is 2.53. The molecule has 0 aromatic heterocycles. The number of carbonyl (C=O) groups is 5. The first-order chi connectivity index (χ1) is 18.8. The van der Waals surface area contributed by atoms with Crippen molar-refractivity contribution in [1.29, 1.82) is 0 Å². The van der Waals surface area contributed by atoms with E-state index in [0.29, 0.717) is 18.9 Å². The first-order valence-electron chi connectivity index (χ1n) is 15.3. The lowest BCUT2D eigenvalue weighted by atomic mass is 9.80. The minimum absolute atomic E-state index is 0.0412. The molecule has 10 nitrogen and oxygen atoms in total. The third-order valence-electron chi connectivity index (χ3n) is 9.44. The number of hydrogen-bond donors (Lipinski definition) is 3. The molecule has 1 saturated heterocycles. The van der Waals surface area contributed by atoms with E-state index in [2.05, 4.69) is 17.6 Å². The van der Waals surface area contributed by atoms with Gasteiger partial charge >= 0.3 is 6.09 Å². The van der Waals surface area contributed by atoms with E-state index in [9.17, 15) is 24.0 Å². The summed E-state index contributed by atoms with van der Waals surface area (Å²) in [5, 5.41) is 5.72. The molecular formula is C30H48N4O6. The van der Waals surface area contributed by atoms with Gasteiger partial charge in [0.05, 0.1) is 6.04 Å². The van der Waals surface area contributed by atoms with E-state index in [1.807, 2.05) is 0 Å². The van der Waals surface area contributed by atoms with Crippen LogP contribution in [-0.2, 0) is 23.9 Å². The number of primary amides is 1. The topological polar surface area (TPSA) is 148 Å². The molecule has 1 heterocycles. The van der Waals surface area contributed by atoms with Gasteiger partial charge < -0.3 is 26.0 Å². The molecule has 0 aromatic rings. The Kier molecular flexibility index (Phi) is 9.45. The Morgan fingerprint density at radius 2 is 1.62 bits per heavy atom. The second kappa shape index (κ2) is 12.5. The highest BCUT2D eigenvalue weighted by atomic mass is 16.6. The predicted molar refractivity (Wildman–Crippen MR) is 149 cm³/mol. The van der Waals surface area contributed by atoms with E-state index >= 15 is 0 Å². The third kappa shape index (κ3) is 7.16. The lowest BCUT2D eigenvalue weighted by Crippen LogP contribution is -2.59. The van der Waals surface area contributed by atoms with Crippen LogP contribution in [0.15, 0.2) is 0 Å². The second-order valence-corrected chi connectivity index (χ2v) is 13.8. The average Bonchev–Trinajstić information content (AvgIpc) is 3.38. The van der Waals surface area contributed by atoms with Gasteiger partial charge in [0.25, 0.3) is 5.91 Å². The maximum atomic E-state index is 14.3. The molecule has 0 aromatic carbocycles. The molecule has 1 unspecified atom stereocenters. The Bertz CT molecular complexity index is 983. The molecule has 224 valence electrons. The summed E-state index contributed by atoms with van der Waals surface area (Å²) in [4.78, 5) is 67.2. The quantitative estimate of drug-likeness (QED) is 0.369. The number of rotatable bonds is 9. The van der Waals surface area contributed by atoms with Crippen LogP contribution in [0, 0.1) is 29.6 Å². The first-order valence-corrected chi connectivity index (χ1v) is 15.3. The van der Waals surface area contributed by atoms with E-state index in [-0.39, 0.29) is 29.6 Å². The molecule has 0 radical (unpaired) electrons. The molecule has 4 N–H and O–H groups in total. The van der Waals surface area contributed by atoms with Crippen LogP contribution in [0.4, 0.5) is 4.79 Å². The van der Waals surface area contributed by atoms with E-state index in [4.69, 9.17) is 10.5 Å². The van der Waals surface area contributed by atoms with Gasteiger partial charge in [-0.2, -0.15) is 0 Å². The number of alkyl carbamates (subject to hydrolysis) is 1. The Morgan fingerprint density at radius 1 is 0.950 bits per heavy atom. The summed E-state index contributed by atoms with van der Waals surface area (Å²) in [6.45, 7) is 7.92. The molecule has 6 atom stereocenters. The molecule has 10 heteroatoms. The van der Waals surface area contributed by atoms with Crippen LogP contribution < -0.4 is 16.4 Å². The second-order valence-electron chi connectivity index (χ2n) is 13.8. The van der Waals surface area contributed by atoms with Gasteiger partial charge in [0.15, 0.2) is 0 Å². The van der Waals surface area contributed by atoms with E-state index < -0.39 is 47.4 Å². The third-order valence-corrected chi connectivity index (χ3v) is 9.44. The average molecular weight is 561 g/mol. The molecule has 1 aliphatic heterocycles. The zero-order valence-corrected chi connectivity index (χ0v) is 24.6. The van der Waals surface area contributed by atoms with Gasteiger partial charge in [0.2, 0.25) is 17.6 Å². The van der Waals surface area contributed by atoms with Gasteiger partial charge in [-0.1, -0.05) is 45.4 Å². The number of Topliss-reactive ketones (excluding diaryl/α,β-unsaturated/α-hetero) is 1. The maximum Gasteiger partial charge on any atom is 0.408 e. The SMILES string of the molecule is CC1C[C@H]2CN(C(=O)[C@@H](NC(=O)OC(C)(C)C)C3CCCCC3)[C@H](C(=O)N[C@H](CC3CCC3)C(=O)C(N)=O)[C@H]2C1. The van der Waals surface area contributed by atoms with E-state index in [1.54, 1.807) is 25.7 Å². The van der Waals surface area contributed by atoms with Crippen molar-refractivity contribution in [2.45, 2.75) is 122 Å². The molecular weight excluding hydrogens is 512 g/mol. The summed E-state index contributed by atoms with van der Waals surface area (Å²) in [5.74, 6) is -1.75. The van der Waals surface area contributed by atoms with Crippen LogP contribution in [0.1, 0.15) is 98.3 Å². The zero-order chi connectivity index (χ0) is 29.2. The lowest BCUT2D eigenvalue weighted by molar-refractivity contribution is -0.144. The van der Waals surface area contributed by atoms with Crippen molar-refractivity contribution in [3.8, 4) is 0 Å². The van der Waals surface area contributed by atoms with Gasteiger partial charge in [0, 0.05) is 6.54 Å². The van der Waals surface area contributed by atoms with Crippen LogP contribution >= 0.6 is 0 Å². The van der Waals surface area contributed by atoms with Gasteiger partial charge in [-0.05, 0) is 82.5 Å². The van der Waals surface area contributed by atoms with Gasteiger partial charge in [-0.25, -0.2) is 4.79 Å². The minimum atomic E-state index is -1.06. The van der Waals surface area contributed by atoms with Crippen LogP contribution in [0.25, 0.3) is 0 Å².